The normalized spacial score (nSPS) is 17.6. The maximum Gasteiger partial charge on any atom is 0.410 e. The Bertz CT molecular complexity index is 529. The highest BCUT2D eigenvalue weighted by atomic mass is 32.2. The van der Waals surface area contributed by atoms with E-state index in [0.717, 1.165) is 6.26 Å². The van der Waals surface area contributed by atoms with E-state index >= 15 is 0 Å². The molecule has 8 nitrogen and oxygen atoms in total. The number of ether oxygens (including phenoxy) is 2. The van der Waals surface area contributed by atoms with Crippen LogP contribution in [-0.2, 0) is 28.6 Å². The van der Waals surface area contributed by atoms with Gasteiger partial charge in [0.2, 0.25) is 6.79 Å². The van der Waals surface area contributed by atoms with E-state index in [1.165, 1.54) is 4.90 Å². The molecule has 0 saturated carbocycles. The highest BCUT2D eigenvalue weighted by Gasteiger charge is 2.52. The fourth-order valence-electron chi connectivity index (χ4n) is 1.96. The number of carbonyl (C=O) groups is 2. The predicted molar refractivity (Wildman–Crippen MR) is 77.4 cm³/mol. The van der Waals surface area contributed by atoms with E-state index in [-0.39, 0.29) is 13.1 Å². The minimum Gasteiger partial charge on any atom is -0.444 e. The van der Waals surface area contributed by atoms with E-state index in [0.29, 0.717) is 6.42 Å². The van der Waals surface area contributed by atoms with Crippen molar-refractivity contribution >= 4 is 22.2 Å². The van der Waals surface area contributed by atoms with Crippen LogP contribution in [0.1, 0.15) is 34.1 Å². The Hall–Kier alpha value is -1.35. The molecule has 0 aromatic carbocycles. The number of carbonyl (C=O) groups excluding carboxylic acids is 2. The van der Waals surface area contributed by atoms with E-state index < -0.39 is 40.0 Å². The van der Waals surface area contributed by atoms with Crippen molar-refractivity contribution in [2.75, 3.05) is 26.1 Å². The van der Waals surface area contributed by atoms with Gasteiger partial charge in [-0.2, -0.15) is 8.42 Å². The molecular weight excluding hydrogens is 314 g/mol. The quantitative estimate of drug-likeness (QED) is 0.421. The van der Waals surface area contributed by atoms with Crippen molar-refractivity contribution in [2.24, 2.45) is 5.41 Å². The van der Waals surface area contributed by atoms with Crippen LogP contribution in [0.2, 0.25) is 0 Å². The number of hydrogen-bond donors (Lipinski definition) is 0. The lowest BCUT2D eigenvalue weighted by Gasteiger charge is -2.47. The summed E-state index contributed by atoms with van der Waals surface area (Å²) in [5.74, 6) is -0.585. The molecule has 0 bridgehead atoms. The van der Waals surface area contributed by atoms with Crippen LogP contribution in [0.25, 0.3) is 0 Å². The molecule has 0 aromatic rings. The highest BCUT2D eigenvalue weighted by molar-refractivity contribution is 7.85. The summed E-state index contributed by atoms with van der Waals surface area (Å²) in [6, 6.07) is 0. The van der Waals surface area contributed by atoms with E-state index in [4.69, 9.17) is 9.47 Å². The molecule has 0 aromatic heterocycles. The van der Waals surface area contributed by atoms with Gasteiger partial charge in [-0.25, -0.2) is 8.98 Å². The van der Waals surface area contributed by atoms with Crippen molar-refractivity contribution in [3.63, 3.8) is 0 Å². The third-order valence-electron chi connectivity index (χ3n) is 3.20. The van der Waals surface area contributed by atoms with E-state index in [9.17, 15) is 18.0 Å². The molecule has 1 heterocycles. The van der Waals surface area contributed by atoms with Gasteiger partial charge in [0.1, 0.15) is 11.0 Å². The third kappa shape index (κ3) is 5.13. The fourth-order valence-corrected chi connectivity index (χ4v) is 2.18. The molecule has 0 unspecified atom stereocenters. The average Bonchev–Trinajstić information content (AvgIpc) is 2.23. The molecule has 0 radical (unpaired) electrons. The second-order valence-corrected chi connectivity index (χ2v) is 7.99. The number of esters is 1. The zero-order chi connectivity index (χ0) is 17.2. The summed E-state index contributed by atoms with van der Waals surface area (Å²) in [5.41, 5.74) is -1.44. The lowest BCUT2D eigenvalue weighted by molar-refractivity contribution is -0.173. The van der Waals surface area contributed by atoms with Crippen molar-refractivity contribution in [3.8, 4) is 0 Å². The molecule has 9 heteroatoms. The van der Waals surface area contributed by atoms with Crippen LogP contribution in [0.5, 0.6) is 0 Å². The van der Waals surface area contributed by atoms with Crippen LogP contribution in [0.3, 0.4) is 0 Å². The average molecular weight is 337 g/mol. The standard InChI is InChI=1S/C13H23NO7S/c1-6-13(10(15)19-9-20-22(5,17)18)7-14(8-13)11(16)21-12(2,3)4/h6-9H2,1-5H3. The Balaban J connectivity index is 2.52. The minimum absolute atomic E-state index is 0.177. The molecule has 0 N–H and O–H groups in total. The van der Waals surface area contributed by atoms with Crippen molar-refractivity contribution in [1.29, 1.82) is 0 Å². The molecule has 1 saturated heterocycles. The number of likely N-dealkylation sites (tertiary alicyclic amines) is 1. The van der Waals surface area contributed by atoms with Crippen molar-refractivity contribution in [3.05, 3.63) is 0 Å². The molecule has 1 aliphatic heterocycles. The SMILES string of the molecule is CCC1(C(=O)OCOS(C)(=O)=O)CN(C(=O)OC(C)(C)C)C1. The summed E-state index contributed by atoms with van der Waals surface area (Å²) < 4.78 is 36.0. The van der Waals surface area contributed by atoms with Crippen molar-refractivity contribution in [2.45, 2.75) is 39.7 Å². The van der Waals surface area contributed by atoms with Gasteiger partial charge in [0.05, 0.1) is 6.26 Å². The lowest BCUT2D eigenvalue weighted by Crippen LogP contribution is -2.63. The molecule has 1 amide bonds. The minimum atomic E-state index is -3.67. The van der Waals surface area contributed by atoms with Crippen molar-refractivity contribution < 1.29 is 31.7 Å². The topological polar surface area (TPSA) is 99.2 Å². The van der Waals surface area contributed by atoms with Crippen molar-refractivity contribution in [1.82, 2.24) is 4.90 Å². The first-order valence-electron chi connectivity index (χ1n) is 6.88. The fraction of sp³-hybridized carbons (Fsp3) is 0.846. The van der Waals surface area contributed by atoms with Gasteiger partial charge < -0.3 is 14.4 Å². The number of amides is 1. The van der Waals surface area contributed by atoms with Crippen LogP contribution in [0.15, 0.2) is 0 Å². The predicted octanol–water partition coefficient (Wildman–Crippen LogP) is 1.11. The van der Waals surface area contributed by atoms with Gasteiger partial charge in [-0.1, -0.05) is 6.92 Å². The van der Waals surface area contributed by atoms with Crippen LogP contribution >= 0.6 is 0 Å². The first-order chi connectivity index (χ1) is 9.88. The molecule has 128 valence electrons. The van der Waals surface area contributed by atoms with Gasteiger partial charge in [-0.3, -0.25) is 4.79 Å². The van der Waals surface area contributed by atoms with Gasteiger partial charge in [0, 0.05) is 13.1 Å². The van der Waals surface area contributed by atoms with Gasteiger partial charge in [0.15, 0.2) is 0 Å². The smallest absolute Gasteiger partial charge is 0.410 e. The summed E-state index contributed by atoms with van der Waals surface area (Å²) in [6.45, 7) is 6.76. The van der Waals surface area contributed by atoms with Gasteiger partial charge in [-0.15, -0.1) is 0 Å². The first-order valence-corrected chi connectivity index (χ1v) is 8.70. The Kier molecular flexibility index (Phi) is 5.45. The van der Waals surface area contributed by atoms with Crippen LogP contribution in [0.4, 0.5) is 4.79 Å². The summed E-state index contributed by atoms with van der Waals surface area (Å²) in [7, 11) is -3.67. The van der Waals surface area contributed by atoms with Gasteiger partial charge in [0.25, 0.3) is 10.1 Å². The molecule has 0 spiro atoms. The molecule has 1 fully saturated rings. The maximum absolute atomic E-state index is 12.0. The number of rotatable bonds is 5. The zero-order valence-electron chi connectivity index (χ0n) is 13.5. The second kappa shape index (κ2) is 6.41. The van der Waals surface area contributed by atoms with Crippen LogP contribution in [0, 0.1) is 5.41 Å². The zero-order valence-corrected chi connectivity index (χ0v) is 14.4. The van der Waals surface area contributed by atoms with E-state index in [1.807, 2.05) is 0 Å². The van der Waals surface area contributed by atoms with E-state index in [2.05, 4.69) is 4.18 Å². The number of hydrogen-bond acceptors (Lipinski definition) is 7. The summed E-state index contributed by atoms with van der Waals surface area (Å²) >= 11 is 0. The lowest BCUT2D eigenvalue weighted by atomic mass is 9.77. The van der Waals surface area contributed by atoms with Gasteiger partial charge >= 0.3 is 12.1 Å². The summed E-state index contributed by atoms with van der Waals surface area (Å²) in [6.07, 6.45) is 0.838. The Morgan fingerprint density at radius 1 is 1.23 bits per heavy atom. The third-order valence-corrected chi connectivity index (χ3v) is 3.73. The molecule has 1 aliphatic rings. The largest absolute Gasteiger partial charge is 0.444 e. The Labute approximate surface area is 130 Å². The van der Waals surface area contributed by atoms with E-state index in [1.54, 1.807) is 27.7 Å². The molecule has 0 atom stereocenters. The Morgan fingerprint density at radius 3 is 2.18 bits per heavy atom. The molecule has 0 aliphatic carbocycles. The van der Waals surface area contributed by atoms with Crippen LogP contribution < -0.4 is 0 Å². The highest BCUT2D eigenvalue weighted by Crippen LogP contribution is 2.36. The monoisotopic (exact) mass is 337 g/mol. The second-order valence-electron chi connectivity index (χ2n) is 6.34. The van der Waals surface area contributed by atoms with Crippen LogP contribution in [-0.4, -0.2) is 57.1 Å². The molecular formula is C13H23NO7S. The Morgan fingerprint density at radius 2 is 1.77 bits per heavy atom. The first kappa shape index (κ1) is 18.7. The number of nitrogens with zero attached hydrogens (tertiary/aromatic N) is 1. The summed E-state index contributed by atoms with van der Waals surface area (Å²) in [4.78, 5) is 25.3. The van der Waals surface area contributed by atoms with Gasteiger partial charge in [-0.05, 0) is 27.2 Å². The maximum atomic E-state index is 12.0. The molecule has 22 heavy (non-hydrogen) atoms. The molecule has 1 rings (SSSR count). The summed E-state index contributed by atoms with van der Waals surface area (Å²) in [5, 5.41) is 0.